The second-order valence-corrected chi connectivity index (χ2v) is 5.84. The van der Waals surface area contributed by atoms with Gasteiger partial charge in [-0.3, -0.25) is 14.6 Å². The van der Waals surface area contributed by atoms with Crippen LogP contribution in [0.4, 0.5) is 0 Å². The maximum Gasteiger partial charge on any atom is 0.253 e. The van der Waals surface area contributed by atoms with E-state index in [1.54, 1.807) is 24.5 Å². The standard InChI is InChI=1S/C16H21N3O3/c20-15(18-7-9-22-10-8-18)11-13-3-6-19(12-13)16(21)14-1-4-17-5-2-14/h1-2,4-5,13H,3,6-12H2. The van der Waals surface area contributed by atoms with E-state index in [4.69, 9.17) is 4.74 Å². The van der Waals surface area contributed by atoms with Crippen molar-refractivity contribution in [3.8, 4) is 0 Å². The smallest absolute Gasteiger partial charge is 0.253 e. The van der Waals surface area contributed by atoms with Gasteiger partial charge in [-0.1, -0.05) is 0 Å². The lowest BCUT2D eigenvalue weighted by atomic mass is 10.0. The second-order valence-electron chi connectivity index (χ2n) is 5.84. The number of aromatic nitrogens is 1. The molecule has 6 nitrogen and oxygen atoms in total. The van der Waals surface area contributed by atoms with Gasteiger partial charge in [-0.25, -0.2) is 0 Å². The van der Waals surface area contributed by atoms with Crippen molar-refractivity contribution >= 4 is 11.8 Å². The maximum atomic E-state index is 12.4. The number of likely N-dealkylation sites (tertiary alicyclic amines) is 1. The summed E-state index contributed by atoms with van der Waals surface area (Å²) in [6.07, 6.45) is 4.68. The molecule has 1 unspecified atom stereocenters. The van der Waals surface area contributed by atoms with Gasteiger partial charge >= 0.3 is 0 Å². The lowest BCUT2D eigenvalue weighted by molar-refractivity contribution is -0.136. The van der Waals surface area contributed by atoms with Gasteiger partial charge in [-0.2, -0.15) is 0 Å². The predicted molar refractivity (Wildman–Crippen MR) is 80.3 cm³/mol. The molecule has 1 aromatic heterocycles. The molecule has 22 heavy (non-hydrogen) atoms. The van der Waals surface area contributed by atoms with Gasteiger partial charge in [0.1, 0.15) is 0 Å². The summed E-state index contributed by atoms with van der Waals surface area (Å²) in [6, 6.07) is 3.46. The minimum Gasteiger partial charge on any atom is -0.378 e. The zero-order chi connectivity index (χ0) is 15.4. The number of hydrogen-bond donors (Lipinski definition) is 0. The molecule has 1 atom stereocenters. The first-order chi connectivity index (χ1) is 10.7. The van der Waals surface area contributed by atoms with Crippen LogP contribution in [0.2, 0.25) is 0 Å². The van der Waals surface area contributed by atoms with Crippen molar-refractivity contribution in [2.24, 2.45) is 5.92 Å². The van der Waals surface area contributed by atoms with Crippen LogP contribution in [0.25, 0.3) is 0 Å². The van der Waals surface area contributed by atoms with Crippen LogP contribution in [-0.2, 0) is 9.53 Å². The molecule has 0 N–H and O–H groups in total. The van der Waals surface area contributed by atoms with Crippen molar-refractivity contribution in [1.82, 2.24) is 14.8 Å². The van der Waals surface area contributed by atoms with Crippen LogP contribution in [-0.4, -0.2) is 66.0 Å². The normalized spacial score (nSPS) is 21.9. The van der Waals surface area contributed by atoms with Gasteiger partial charge < -0.3 is 14.5 Å². The molecule has 2 fully saturated rings. The van der Waals surface area contributed by atoms with Crippen molar-refractivity contribution < 1.29 is 14.3 Å². The summed E-state index contributed by atoms with van der Waals surface area (Å²) >= 11 is 0. The number of morpholine rings is 1. The molecule has 0 saturated carbocycles. The van der Waals surface area contributed by atoms with E-state index in [1.165, 1.54) is 0 Å². The quantitative estimate of drug-likeness (QED) is 0.828. The first kappa shape index (κ1) is 15.0. The van der Waals surface area contributed by atoms with E-state index in [1.807, 2.05) is 9.80 Å². The van der Waals surface area contributed by atoms with Crippen molar-refractivity contribution in [3.05, 3.63) is 30.1 Å². The molecule has 0 radical (unpaired) electrons. The Morgan fingerprint density at radius 2 is 1.86 bits per heavy atom. The van der Waals surface area contributed by atoms with Crippen LogP contribution >= 0.6 is 0 Å². The van der Waals surface area contributed by atoms with Crippen molar-refractivity contribution in [3.63, 3.8) is 0 Å². The fourth-order valence-corrected chi connectivity index (χ4v) is 3.05. The Balaban J connectivity index is 1.51. The highest BCUT2D eigenvalue weighted by Gasteiger charge is 2.30. The molecule has 3 heterocycles. The summed E-state index contributed by atoms with van der Waals surface area (Å²) in [5.41, 5.74) is 0.662. The SMILES string of the molecule is O=C(CC1CCN(C(=O)c2ccncc2)C1)N1CCOCC1. The third kappa shape index (κ3) is 3.44. The van der Waals surface area contributed by atoms with Crippen LogP contribution in [0.5, 0.6) is 0 Å². The van der Waals surface area contributed by atoms with Crippen LogP contribution < -0.4 is 0 Å². The van der Waals surface area contributed by atoms with Gasteiger partial charge in [0.15, 0.2) is 0 Å². The minimum absolute atomic E-state index is 0.0312. The maximum absolute atomic E-state index is 12.4. The summed E-state index contributed by atoms with van der Waals surface area (Å²) in [4.78, 5) is 32.3. The molecule has 0 aliphatic carbocycles. The molecular formula is C16H21N3O3. The lowest BCUT2D eigenvalue weighted by Gasteiger charge is -2.27. The first-order valence-corrected chi connectivity index (χ1v) is 7.79. The van der Waals surface area contributed by atoms with Crippen molar-refractivity contribution in [1.29, 1.82) is 0 Å². The van der Waals surface area contributed by atoms with E-state index in [0.717, 1.165) is 13.0 Å². The molecule has 3 rings (SSSR count). The molecule has 118 valence electrons. The van der Waals surface area contributed by atoms with Gasteiger partial charge in [0, 0.05) is 50.6 Å². The average Bonchev–Trinajstić information content (AvgIpc) is 3.04. The van der Waals surface area contributed by atoms with Gasteiger partial charge in [0.2, 0.25) is 5.91 Å². The minimum atomic E-state index is 0.0312. The molecule has 0 bridgehead atoms. The largest absolute Gasteiger partial charge is 0.378 e. The fraction of sp³-hybridized carbons (Fsp3) is 0.562. The van der Waals surface area contributed by atoms with Gasteiger partial charge in [-0.15, -0.1) is 0 Å². The lowest BCUT2D eigenvalue weighted by Crippen LogP contribution is -2.41. The molecule has 2 aliphatic heterocycles. The zero-order valence-corrected chi connectivity index (χ0v) is 12.6. The number of pyridine rings is 1. The number of amides is 2. The van der Waals surface area contributed by atoms with Crippen molar-refractivity contribution in [2.45, 2.75) is 12.8 Å². The highest BCUT2D eigenvalue weighted by atomic mass is 16.5. The number of ether oxygens (including phenoxy) is 1. The monoisotopic (exact) mass is 303 g/mol. The molecule has 2 amide bonds. The zero-order valence-electron chi connectivity index (χ0n) is 12.6. The molecule has 0 aromatic carbocycles. The van der Waals surface area contributed by atoms with Gasteiger partial charge in [0.25, 0.3) is 5.91 Å². The Bertz CT molecular complexity index is 529. The molecular weight excluding hydrogens is 282 g/mol. The number of carbonyl (C=O) groups is 2. The van der Waals surface area contributed by atoms with Crippen LogP contribution in [0, 0.1) is 5.92 Å². The Hall–Kier alpha value is -1.95. The molecule has 0 spiro atoms. The van der Waals surface area contributed by atoms with Crippen LogP contribution in [0.1, 0.15) is 23.2 Å². The highest BCUT2D eigenvalue weighted by molar-refractivity contribution is 5.94. The fourth-order valence-electron chi connectivity index (χ4n) is 3.05. The van der Waals surface area contributed by atoms with Crippen LogP contribution in [0.15, 0.2) is 24.5 Å². The number of hydrogen-bond acceptors (Lipinski definition) is 4. The summed E-state index contributed by atoms with van der Waals surface area (Å²) in [5, 5.41) is 0. The van der Waals surface area contributed by atoms with E-state index in [-0.39, 0.29) is 17.7 Å². The summed E-state index contributed by atoms with van der Waals surface area (Å²) < 4.78 is 5.27. The Morgan fingerprint density at radius 3 is 2.59 bits per heavy atom. The molecule has 1 aromatic rings. The third-order valence-corrected chi connectivity index (χ3v) is 4.33. The van der Waals surface area contributed by atoms with E-state index in [2.05, 4.69) is 4.98 Å². The van der Waals surface area contributed by atoms with E-state index in [9.17, 15) is 9.59 Å². The van der Waals surface area contributed by atoms with Crippen LogP contribution in [0.3, 0.4) is 0 Å². The Kier molecular flexibility index (Phi) is 4.68. The average molecular weight is 303 g/mol. The van der Waals surface area contributed by atoms with E-state index < -0.39 is 0 Å². The van der Waals surface area contributed by atoms with Gasteiger partial charge in [-0.05, 0) is 24.5 Å². The topological polar surface area (TPSA) is 62.7 Å². The Morgan fingerprint density at radius 1 is 1.14 bits per heavy atom. The van der Waals surface area contributed by atoms with Crippen molar-refractivity contribution in [2.75, 3.05) is 39.4 Å². The number of nitrogens with zero attached hydrogens (tertiary/aromatic N) is 3. The second kappa shape index (κ2) is 6.87. The van der Waals surface area contributed by atoms with E-state index >= 15 is 0 Å². The number of rotatable bonds is 3. The predicted octanol–water partition coefficient (Wildman–Crippen LogP) is 0.793. The molecule has 2 aliphatic rings. The first-order valence-electron chi connectivity index (χ1n) is 7.79. The molecule has 2 saturated heterocycles. The summed E-state index contributed by atoms with van der Waals surface area (Å²) in [5.74, 6) is 0.483. The number of carbonyl (C=O) groups excluding carboxylic acids is 2. The highest BCUT2D eigenvalue weighted by Crippen LogP contribution is 2.22. The molecule has 6 heteroatoms. The van der Waals surface area contributed by atoms with E-state index in [0.29, 0.717) is 44.8 Å². The third-order valence-electron chi connectivity index (χ3n) is 4.33. The Labute approximate surface area is 130 Å². The summed E-state index contributed by atoms with van der Waals surface area (Å²) in [6.45, 7) is 4.02. The van der Waals surface area contributed by atoms with Gasteiger partial charge in [0.05, 0.1) is 13.2 Å². The summed E-state index contributed by atoms with van der Waals surface area (Å²) in [7, 11) is 0.